The second-order valence-electron chi connectivity index (χ2n) is 2.66. The van der Waals surface area contributed by atoms with Crippen molar-refractivity contribution in [2.45, 2.75) is 19.1 Å². The third-order valence-electron chi connectivity index (χ3n) is 1.47. The average molecular weight is 208 g/mol. The molecular weight excluding hydrogens is 201 g/mol. The molecule has 0 radical (unpaired) electrons. The van der Waals surface area contributed by atoms with E-state index in [4.69, 9.17) is 5.11 Å². The molecule has 0 unspecified atom stereocenters. The van der Waals surface area contributed by atoms with E-state index in [0.717, 1.165) is 10.8 Å². The highest BCUT2D eigenvalue weighted by molar-refractivity contribution is 5.66. The number of hydrogen-bond donors (Lipinski definition) is 1. The van der Waals surface area contributed by atoms with Crippen LogP contribution in [0.1, 0.15) is 5.82 Å². The monoisotopic (exact) mass is 208 g/mol. The van der Waals surface area contributed by atoms with Gasteiger partial charge in [-0.15, -0.1) is 0 Å². The minimum absolute atomic E-state index is 0.292. The molecule has 1 heterocycles. The molecule has 7 heteroatoms. The summed E-state index contributed by atoms with van der Waals surface area (Å²) < 4.78 is 36.8. The molecule has 14 heavy (non-hydrogen) atoms. The zero-order chi connectivity index (χ0) is 10.8. The Morgan fingerprint density at radius 1 is 1.57 bits per heavy atom. The number of aromatic nitrogens is 2. The number of carbonyl (C=O) groups is 1. The Hall–Kier alpha value is -1.53. The van der Waals surface area contributed by atoms with Crippen molar-refractivity contribution < 1.29 is 23.1 Å². The van der Waals surface area contributed by atoms with Gasteiger partial charge in [-0.3, -0.25) is 4.79 Å². The minimum Gasteiger partial charge on any atom is -0.480 e. The highest BCUT2D eigenvalue weighted by Gasteiger charge is 2.30. The van der Waals surface area contributed by atoms with Crippen LogP contribution in [0.3, 0.4) is 0 Å². The summed E-state index contributed by atoms with van der Waals surface area (Å²) in [7, 11) is 0. The Labute approximate surface area is 77.0 Å². The number of hydrogen-bond acceptors (Lipinski definition) is 2. The topological polar surface area (TPSA) is 55.1 Å². The Bertz CT molecular complexity index is 332. The fourth-order valence-corrected chi connectivity index (χ4v) is 0.976. The predicted octanol–water partition coefficient (Wildman–Crippen LogP) is 1.07. The molecule has 4 nitrogen and oxygen atoms in total. The van der Waals surface area contributed by atoms with Crippen LogP contribution in [0.5, 0.6) is 0 Å². The first-order valence-electron chi connectivity index (χ1n) is 3.67. The number of aliphatic carboxylic acids is 1. The van der Waals surface area contributed by atoms with Gasteiger partial charge in [-0.1, -0.05) is 0 Å². The largest absolute Gasteiger partial charge is 0.480 e. The summed E-state index contributed by atoms with van der Waals surface area (Å²) >= 11 is 0. The summed E-state index contributed by atoms with van der Waals surface area (Å²) in [5.74, 6) is -1.49. The van der Waals surface area contributed by atoms with Crippen molar-refractivity contribution in [3.8, 4) is 0 Å². The lowest BCUT2D eigenvalue weighted by atomic mass is 10.4. The summed E-state index contributed by atoms with van der Waals surface area (Å²) in [5.41, 5.74) is 0. The molecule has 1 aromatic rings. The van der Waals surface area contributed by atoms with Gasteiger partial charge in [-0.05, 0) is 0 Å². The first kappa shape index (κ1) is 10.6. The first-order chi connectivity index (χ1) is 6.38. The molecule has 0 bridgehead atoms. The van der Waals surface area contributed by atoms with Gasteiger partial charge in [0, 0.05) is 12.4 Å². The molecule has 0 aliphatic carbocycles. The molecule has 0 saturated carbocycles. The minimum atomic E-state index is -4.37. The van der Waals surface area contributed by atoms with Gasteiger partial charge >= 0.3 is 12.1 Å². The number of halogens is 3. The van der Waals surface area contributed by atoms with Gasteiger partial charge in [0.1, 0.15) is 18.8 Å². The van der Waals surface area contributed by atoms with Crippen molar-refractivity contribution >= 4 is 5.97 Å². The second-order valence-corrected chi connectivity index (χ2v) is 2.66. The number of imidazole rings is 1. The maximum Gasteiger partial charge on any atom is 0.396 e. The van der Waals surface area contributed by atoms with Gasteiger partial charge < -0.3 is 9.67 Å². The zero-order valence-corrected chi connectivity index (χ0v) is 6.95. The summed E-state index contributed by atoms with van der Waals surface area (Å²) in [6.07, 6.45) is -3.24. The lowest BCUT2D eigenvalue weighted by Crippen LogP contribution is -2.18. The summed E-state index contributed by atoms with van der Waals surface area (Å²) in [5, 5.41) is 8.38. The van der Waals surface area contributed by atoms with Gasteiger partial charge in [0.2, 0.25) is 0 Å². The van der Waals surface area contributed by atoms with Gasteiger partial charge in [0.25, 0.3) is 0 Å². The summed E-state index contributed by atoms with van der Waals surface area (Å²) in [6.45, 7) is -0.509. The molecule has 0 saturated heterocycles. The van der Waals surface area contributed by atoms with E-state index in [9.17, 15) is 18.0 Å². The number of carboxylic acid groups (broad SMARTS) is 1. The van der Waals surface area contributed by atoms with Crippen molar-refractivity contribution in [1.82, 2.24) is 9.55 Å². The van der Waals surface area contributed by atoms with Crippen molar-refractivity contribution in [3.63, 3.8) is 0 Å². The summed E-state index contributed by atoms with van der Waals surface area (Å²) in [6, 6.07) is 0. The predicted molar refractivity (Wildman–Crippen MR) is 39.6 cm³/mol. The molecule has 78 valence electrons. The molecule has 0 spiro atoms. The third-order valence-corrected chi connectivity index (χ3v) is 1.47. The van der Waals surface area contributed by atoms with Crippen LogP contribution in [0.2, 0.25) is 0 Å². The molecule has 1 rings (SSSR count). The summed E-state index contributed by atoms with van der Waals surface area (Å²) in [4.78, 5) is 13.7. The van der Waals surface area contributed by atoms with Crippen molar-refractivity contribution in [2.24, 2.45) is 0 Å². The van der Waals surface area contributed by atoms with E-state index < -0.39 is 25.1 Å². The number of nitrogens with zero attached hydrogens (tertiary/aromatic N) is 2. The van der Waals surface area contributed by atoms with Gasteiger partial charge in [0.15, 0.2) is 0 Å². The van der Waals surface area contributed by atoms with Crippen LogP contribution in [0.15, 0.2) is 12.4 Å². The Morgan fingerprint density at radius 3 is 2.71 bits per heavy atom. The van der Waals surface area contributed by atoms with E-state index >= 15 is 0 Å². The van der Waals surface area contributed by atoms with Crippen LogP contribution < -0.4 is 0 Å². The molecular formula is C7H7F3N2O2. The van der Waals surface area contributed by atoms with Gasteiger partial charge in [-0.25, -0.2) is 4.98 Å². The quantitative estimate of drug-likeness (QED) is 0.808. The van der Waals surface area contributed by atoms with Crippen LogP contribution in [-0.4, -0.2) is 26.8 Å². The fraction of sp³-hybridized carbons (Fsp3) is 0.429. The molecule has 0 amide bonds. The van der Waals surface area contributed by atoms with Crippen LogP contribution in [-0.2, 0) is 17.8 Å². The van der Waals surface area contributed by atoms with Gasteiger partial charge in [0.05, 0.1) is 0 Å². The average Bonchev–Trinajstić information content (AvgIpc) is 2.32. The van der Waals surface area contributed by atoms with Crippen molar-refractivity contribution in [2.75, 3.05) is 0 Å². The molecule has 1 N–H and O–H groups in total. The molecule has 0 atom stereocenters. The van der Waals surface area contributed by atoms with E-state index in [2.05, 4.69) is 4.98 Å². The number of alkyl halides is 3. The van der Waals surface area contributed by atoms with E-state index in [0.29, 0.717) is 0 Å². The Kier molecular flexibility index (Phi) is 2.78. The van der Waals surface area contributed by atoms with Crippen LogP contribution in [0.25, 0.3) is 0 Å². The maximum absolute atomic E-state index is 11.9. The Balaban J connectivity index is 2.77. The second kappa shape index (κ2) is 3.69. The van der Waals surface area contributed by atoms with E-state index in [-0.39, 0.29) is 5.82 Å². The smallest absolute Gasteiger partial charge is 0.396 e. The van der Waals surface area contributed by atoms with Gasteiger partial charge in [-0.2, -0.15) is 13.2 Å². The first-order valence-corrected chi connectivity index (χ1v) is 3.67. The molecule has 0 fully saturated rings. The Morgan fingerprint density at radius 2 is 2.21 bits per heavy atom. The highest BCUT2D eigenvalue weighted by Crippen LogP contribution is 2.20. The zero-order valence-electron chi connectivity index (χ0n) is 6.95. The van der Waals surface area contributed by atoms with Crippen LogP contribution in [0.4, 0.5) is 13.2 Å². The lowest BCUT2D eigenvalue weighted by Gasteiger charge is -2.07. The fourth-order valence-electron chi connectivity index (χ4n) is 0.976. The van der Waals surface area contributed by atoms with Crippen LogP contribution >= 0.6 is 0 Å². The maximum atomic E-state index is 11.9. The number of carboxylic acids is 1. The highest BCUT2D eigenvalue weighted by atomic mass is 19.4. The normalized spacial score (nSPS) is 11.6. The van der Waals surface area contributed by atoms with E-state index in [1.807, 2.05) is 0 Å². The number of rotatable bonds is 3. The molecule has 1 aromatic heterocycles. The molecule has 0 aliphatic heterocycles. The van der Waals surface area contributed by atoms with Crippen molar-refractivity contribution in [1.29, 1.82) is 0 Å². The molecule has 0 aromatic carbocycles. The van der Waals surface area contributed by atoms with E-state index in [1.165, 1.54) is 6.20 Å². The SMILES string of the molecule is O=C(O)Cn1ccnc1CC(F)(F)F. The molecule has 0 aliphatic rings. The third kappa shape index (κ3) is 3.08. The lowest BCUT2D eigenvalue weighted by molar-refractivity contribution is -0.139. The van der Waals surface area contributed by atoms with Crippen LogP contribution in [0, 0.1) is 0 Å². The standard InChI is InChI=1S/C7H7F3N2O2/c8-7(9,10)3-5-11-1-2-12(5)4-6(13)14/h1-2H,3-4H2,(H,13,14). The van der Waals surface area contributed by atoms with Crippen molar-refractivity contribution in [3.05, 3.63) is 18.2 Å². The van der Waals surface area contributed by atoms with E-state index in [1.54, 1.807) is 0 Å².